The summed E-state index contributed by atoms with van der Waals surface area (Å²) in [6.07, 6.45) is 3.73. The molecule has 0 radical (unpaired) electrons. The minimum atomic E-state index is 0. The fraction of sp³-hybridized carbons (Fsp3) is 0.400. The third-order valence-electron chi connectivity index (χ3n) is 0.873. The fourth-order valence-corrected chi connectivity index (χ4v) is 0.883. The lowest BCUT2D eigenvalue weighted by atomic mass is 10.7. The van der Waals surface area contributed by atoms with Crippen molar-refractivity contribution in [1.82, 2.24) is 9.78 Å². The third kappa shape index (κ3) is 3.01. The number of aromatic nitrogens is 2. The Morgan fingerprint density at radius 1 is 1.56 bits per heavy atom. The zero-order valence-corrected chi connectivity index (χ0v) is 8.13. The highest BCUT2D eigenvalue weighted by Gasteiger charge is 1.83. The van der Waals surface area contributed by atoms with Crippen molar-refractivity contribution in [2.24, 2.45) is 0 Å². The van der Waals surface area contributed by atoms with Crippen molar-refractivity contribution in [3.63, 3.8) is 0 Å². The van der Waals surface area contributed by atoms with Crippen molar-refractivity contribution in [3.05, 3.63) is 18.5 Å². The van der Waals surface area contributed by atoms with Gasteiger partial charge in [-0.15, -0.1) is 17.0 Å². The van der Waals surface area contributed by atoms with E-state index in [-0.39, 0.29) is 17.0 Å². The van der Waals surface area contributed by atoms with Crippen molar-refractivity contribution in [2.75, 3.05) is 5.33 Å². The topological polar surface area (TPSA) is 17.8 Å². The van der Waals surface area contributed by atoms with Gasteiger partial charge in [0, 0.05) is 17.7 Å². The summed E-state index contributed by atoms with van der Waals surface area (Å²) < 4.78 is 1.88. The second kappa shape index (κ2) is 4.99. The first kappa shape index (κ1) is 9.17. The van der Waals surface area contributed by atoms with Crippen molar-refractivity contribution >= 4 is 32.9 Å². The van der Waals surface area contributed by atoms with Crippen LogP contribution in [0.2, 0.25) is 0 Å². The maximum atomic E-state index is 3.99. The van der Waals surface area contributed by atoms with E-state index in [4.69, 9.17) is 0 Å². The zero-order chi connectivity index (χ0) is 5.82. The zero-order valence-electron chi connectivity index (χ0n) is 4.83. The molecule has 0 spiro atoms. The van der Waals surface area contributed by atoms with Gasteiger partial charge in [-0.25, -0.2) is 0 Å². The number of hydrogen-bond donors (Lipinski definition) is 0. The highest BCUT2D eigenvalue weighted by Crippen LogP contribution is 1.86. The smallest absolute Gasteiger partial charge is 0.0506 e. The molecule has 0 aliphatic heterocycles. The lowest BCUT2D eigenvalue weighted by Crippen LogP contribution is -1.97. The molecule has 0 saturated carbocycles. The molecule has 0 unspecified atom stereocenters. The predicted molar refractivity (Wildman–Crippen MR) is 46.3 cm³/mol. The number of hydrogen-bond acceptors (Lipinski definition) is 1. The minimum Gasteiger partial charge on any atom is -0.272 e. The summed E-state index contributed by atoms with van der Waals surface area (Å²) in [6.45, 7) is 0.951. The second-order valence-electron chi connectivity index (χ2n) is 1.46. The molecule has 0 fully saturated rings. The lowest BCUT2D eigenvalue weighted by molar-refractivity contribution is 0.669. The van der Waals surface area contributed by atoms with Gasteiger partial charge < -0.3 is 0 Å². The Kier molecular flexibility index (Phi) is 5.09. The molecule has 9 heavy (non-hydrogen) atoms. The van der Waals surface area contributed by atoms with Crippen molar-refractivity contribution < 1.29 is 0 Å². The number of alkyl halides is 1. The molecule has 0 saturated heterocycles. The highest BCUT2D eigenvalue weighted by atomic mass is 79.9. The van der Waals surface area contributed by atoms with Crippen LogP contribution < -0.4 is 0 Å². The number of nitrogens with zero attached hydrogens (tertiary/aromatic N) is 2. The van der Waals surface area contributed by atoms with Gasteiger partial charge in [-0.2, -0.15) is 5.10 Å². The predicted octanol–water partition coefficient (Wildman–Crippen LogP) is 1.86. The Morgan fingerprint density at radius 3 is 2.78 bits per heavy atom. The molecule has 0 aromatic carbocycles. The van der Waals surface area contributed by atoms with Gasteiger partial charge >= 0.3 is 0 Å². The van der Waals surface area contributed by atoms with Crippen LogP contribution in [0.25, 0.3) is 0 Å². The molecule has 4 heteroatoms. The van der Waals surface area contributed by atoms with Crippen LogP contribution in [0, 0.1) is 0 Å². The molecule has 0 bridgehead atoms. The number of rotatable bonds is 2. The molecule has 1 rings (SSSR count). The van der Waals surface area contributed by atoms with Gasteiger partial charge in [0.05, 0.1) is 6.54 Å². The summed E-state index contributed by atoms with van der Waals surface area (Å²) in [5, 5.41) is 4.96. The third-order valence-corrected chi connectivity index (χ3v) is 1.23. The van der Waals surface area contributed by atoms with E-state index in [0.717, 1.165) is 11.9 Å². The molecule has 0 amide bonds. The summed E-state index contributed by atoms with van der Waals surface area (Å²) in [7, 11) is 0. The molecular weight excluding hydrogens is 248 g/mol. The fourth-order valence-electron chi connectivity index (χ4n) is 0.519. The second-order valence-corrected chi connectivity index (χ2v) is 2.25. The van der Waals surface area contributed by atoms with E-state index >= 15 is 0 Å². The van der Waals surface area contributed by atoms with Gasteiger partial charge in [-0.05, 0) is 6.07 Å². The molecular formula is C5H8Br2N2. The molecule has 1 aromatic heterocycles. The van der Waals surface area contributed by atoms with Crippen LogP contribution in [0.15, 0.2) is 18.5 Å². The molecule has 0 aliphatic rings. The Bertz CT molecular complexity index is 139. The quantitative estimate of drug-likeness (QED) is 0.738. The van der Waals surface area contributed by atoms with Gasteiger partial charge in [0.1, 0.15) is 0 Å². The minimum absolute atomic E-state index is 0. The summed E-state index contributed by atoms with van der Waals surface area (Å²) in [6, 6.07) is 1.92. The first-order valence-corrected chi connectivity index (χ1v) is 3.59. The van der Waals surface area contributed by atoms with Crippen LogP contribution in [-0.4, -0.2) is 15.1 Å². The molecule has 52 valence electrons. The van der Waals surface area contributed by atoms with E-state index in [1.807, 2.05) is 16.9 Å². The molecule has 1 aromatic rings. The Morgan fingerprint density at radius 2 is 2.33 bits per heavy atom. The van der Waals surface area contributed by atoms with Crippen LogP contribution in [0.1, 0.15) is 0 Å². The van der Waals surface area contributed by atoms with Crippen LogP contribution >= 0.6 is 32.9 Å². The van der Waals surface area contributed by atoms with Crippen LogP contribution in [0.5, 0.6) is 0 Å². The summed E-state index contributed by atoms with van der Waals surface area (Å²) in [5.74, 6) is 0. The van der Waals surface area contributed by atoms with Crippen LogP contribution in [0.4, 0.5) is 0 Å². The maximum Gasteiger partial charge on any atom is 0.0506 e. The van der Waals surface area contributed by atoms with Gasteiger partial charge in [-0.3, -0.25) is 4.68 Å². The standard InChI is InChI=1S/C5H7BrN2.BrH/c6-2-5-8-4-1-3-7-8;/h1,3-4H,2,5H2;1H. The molecule has 0 aliphatic carbocycles. The SMILES string of the molecule is Br.BrCCn1cccn1. The lowest BCUT2D eigenvalue weighted by Gasteiger charge is -1.91. The Hall–Kier alpha value is 0.170. The molecule has 1 heterocycles. The van der Waals surface area contributed by atoms with Crippen molar-refractivity contribution in [2.45, 2.75) is 6.54 Å². The average Bonchev–Trinajstić information content (AvgIpc) is 2.19. The highest BCUT2D eigenvalue weighted by molar-refractivity contribution is 9.09. The average molecular weight is 256 g/mol. The van der Waals surface area contributed by atoms with E-state index in [1.165, 1.54) is 0 Å². The van der Waals surface area contributed by atoms with Gasteiger partial charge in [0.2, 0.25) is 0 Å². The maximum absolute atomic E-state index is 3.99. The normalized spacial score (nSPS) is 8.56. The van der Waals surface area contributed by atoms with Gasteiger partial charge in [0.25, 0.3) is 0 Å². The summed E-state index contributed by atoms with van der Waals surface area (Å²) in [5.41, 5.74) is 0. The largest absolute Gasteiger partial charge is 0.272 e. The van der Waals surface area contributed by atoms with Gasteiger partial charge in [-0.1, -0.05) is 15.9 Å². The van der Waals surface area contributed by atoms with E-state index in [2.05, 4.69) is 21.0 Å². The summed E-state index contributed by atoms with van der Waals surface area (Å²) >= 11 is 3.31. The van der Waals surface area contributed by atoms with Crippen molar-refractivity contribution in [1.29, 1.82) is 0 Å². The molecule has 0 N–H and O–H groups in total. The number of halogens is 2. The van der Waals surface area contributed by atoms with Crippen molar-refractivity contribution in [3.8, 4) is 0 Å². The first-order valence-electron chi connectivity index (χ1n) is 2.47. The van der Waals surface area contributed by atoms with Crippen LogP contribution in [-0.2, 0) is 6.54 Å². The monoisotopic (exact) mass is 254 g/mol. The Labute approximate surface area is 73.1 Å². The van der Waals surface area contributed by atoms with Crippen LogP contribution in [0.3, 0.4) is 0 Å². The Balaban J connectivity index is 0.000000640. The van der Waals surface area contributed by atoms with E-state index in [0.29, 0.717) is 0 Å². The molecule has 0 atom stereocenters. The molecule has 2 nitrogen and oxygen atoms in total. The van der Waals surface area contributed by atoms with E-state index in [1.54, 1.807) is 6.20 Å². The first-order chi connectivity index (χ1) is 3.93. The summed E-state index contributed by atoms with van der Waals surface area (Å²) in [4.78, 5) is 0. The number of aryl methyl sites for hydroxylation is 1. The van der Waals surface area contributed by atoms with E-state index in [9.17, 15) is 0 Å². The van der Waals surface area contributed by atoms with E-state index < -0.39 is 0 Å². The van der Waals surface area contributed by atoms with Gasteiger partial charge in [0.15, 0.2) is 0 Å².